The maximum atomic E-state index is 12.3. The number of methoxy groups -OCH3 is 1. The highest BCUT2D eigenvalue weighted by Gasteiger charge is 2.22. The molecule has 1 rings (SSSR count). The summed E-state index contributed by atoms with van der Waals surface area (Å²) in [5.74, 6) is 0.777. The minimum atomic E-state index is -0.175. The molecule has 1 aliphatic rings. The third kappa shape index (κ3) is 6.73. The van der Waals surface area contributed by atoms with Crippen molar-refractivity contribution in [2.24, 2.45) is 11.7 Å². The predicted octanol–water partition coefficient (Wildman–Crippen LogP) is 2.37. The summed E-state index contributed by atoms with van der Waals surface area (Å²) in [6.45, 7) is 5.60. The maximum absolute atomic E-state index is 12.3. The molecule has 0 aromatic heterocycles. The van der Waals surface area contributed by atoms with Crippen molar-refractivity contribution in [3.05, 3.63) is 12.7 Å². The van der Waals surface area contributed by atoms with Crippen LogP contribution in [0, 0.1) is 5.92 Å². The van der Waals surface area contributed by atoms with Crippen molar-refractivity contribution in [3.63, 3.8) is 0 Å². The summed E-state index contributed by atoms with van der Waals surface area (Å²) < 4.78 is 5.19. The van der Waals surface area contributed by atoms with Gasteiger partial charge in [0.15, 0.2) is 0 Å². The minimum Gasteiger partial charge on any atom is -0.380 e. The topological polar surface area (TPSA) is 55.6 Å². The molecule has 4 nitrogen and oxygen atoms in total. The van der Waals surface area contributed by atoms with E-state index in [2.05, 4.69) is 6.58 Å². The summed E-state index contributed by atoms with van der Waals surface area (Å²) in [6, 6.07) is 0. The first-order valence-corrected chi connectivity index (χ1v) is 7.32. The number of amides is 1. The number of hydrogen-bond acceptors (Lipinski definition) is 3. The summed E-state index contributed by atoms with van der Waals surface area (Å²) in [5.41, 5.74) is 5.57. The summed E-state index contributed by atoms with van der Waals surface area (Å²) in [6.07, 6.45) is 8.40. The molecule has 20 heavy (non-hydrogen) atoms. The average Bonchev–Trinajstić information content (AvgIpc) is 2.45. The monoisotopic (exact) mass is 304 g/mol. The first-order chi connectivity index (χ1) is 9.21. The zero-order valence-corrected chi connectivity index (χ0v) is 13.4. The molecule has 2 N–H and O–H groups in total. The van der Waals surface area contributed by atoms with E-state index in [9.17, 15) is 4.79 Å². The van der Waals surface area contributed by atoms with Gasteiger partial charge in [0.25, 0.3) is 0 Å². The Morgan fingerprint density at radius 3 is 2.60 bits per heavy atom. The van der Waals surface area contributed by atoms with E-state index < -0.39 is 0 Å². The highest BCUT2D eigenvalue weighted by molar-refractivity contribution is 5.85. The SMILES string of the molecule is C=CCN(CC1CCCCC1)C(=O)CC(CN)OC.Cl. The van der Waals surface area contributed by atoms with E-state index in [1.807, 2.05) is 4.90 Å². The molecule has 1 aliphatic carbocycles. The van der Waals surface area contributed by atoms with Crippen LogP contribution in [-0.4, -0.2) is 43.7 Å². The lowest BCUT2D eigenvalue weighted by atomic mass is 9.89. The lowest BCUT2D eigenvalue weighted by molar-refractivity contribution is -0.133. The highest BCUT2D eigenvalue weighted by Crippen LogP contribution is 2.24. The van der Waals surface area contributed by atoms with Crippen LogP contribution < -0.4 is 5.73 Å². The van der Waals surface area contributed by atoms with E-state index in [1.165, 1.54) is 32.1 Å². The van der Waals surface area contributed by atoms with Gasteiger partial charge in [-0.1, -0.05) is 25.3 Å². The molecule has 1 saturated carbocycles. The molecule has 5 heteroatoms. The Morgan fingerprint density at radius 2 is 2.10 bits per heavy atom. The van der Waals surface area contributed by atoms with Crippen molar-refractivity contribution in [2.75, 3.05) is 26.7 Å². The predicted molar refractivity (Wildman–Crippen MR) is 85.1 cm³/mol. The molecule has 0 spiro atoms. The number of hydrogen-bond donors (Lipinski definition) is 1. The van der Waals surface area contributed by atoms with E-state index in [4.69, 9.17) is 10.5 Å². The van der Waals surface area contributed by atoms with Crippen LogP contribution in [0.2, 0.25) is 0 Å². The zero-order valence-electron chi connectivity index (χ0n) is 12.6. The van der Waals surface area contributed by atoms with Gasteiger partial charge in [-0.3, -0.25) is 4.79 Å². The van der Waals surface area contributed by atoms with Crippen LogP contribution in [0.15, 0.2) is 12.7 Å². The lowest BCUT2D eigenvalue weighted by Gasteiger charge is -2.30. The molecular formula is C15H29ClN2O2. The van der Waals surface area contributed by atoms with Gasteiger partial charge in [-0.2, -0.15) is 0 Å². The van der Waals surface area contributed by atoms with Gasteiger partial charge in [0, 0.05) is 26.7 Å². The first-order valence-electron chi connectivity index (χ1n) is 7.32. The van der Waals surface area contributed by atoms with Crippen LogP contribution in [0.3, 0.4) is 0 Å². The molecular weight excluding hydrogens is 276 g/mol. The van der Waals surface area contributed by atoms with E-state index in [0.717, 1.165) is 6.54 Å². The quantitative estimate of drug-likeness (QED) is 0.700. The van der Waals surface area contributed by atoms with Crippen molar-refractivity contribution in [3.8, 4) is 0 Å². The Balaban J connectivity index is 0.00000361. The Bertz CT molecular complexity index is 277. The van der Waals surface area contributed by atoms with Crippen molar-refractivity contribution in [2.45, 2.75) is 44.6 Å². The van der Waals surface area contributed by atoms with Gasteiger partial charge < -0.3 is 15.4 Å². The molecule has 1 amide bonds. The summed E-state index contributed by atoms with van der Waals surface area (Å²) in [5, 5.41) is 0. The fraction of sp³-hybridized carbons (Fsp3) is 0.800. The number of nitrogens with two attached hydrogens (primary N) is 1. The molecule has 0 saturated heterocycles. The summed E-state index contributed by atoms with van der Waals surface area (Å²) in [7, 11) is 1.60. The Hall–Kier alpha value is -0.580. The molecule has 0 heterocycles. The Kier molecular flexibility index (Phi) is 10.8. The zero-order chi connectivity index (χ0) is 14.1. The van der Waals surface area contributed by atoms with E-state index >= 15 is 0 Å². The van der Waals surface area contributed by atoms with Gasteiger partial charge in [-0.05, 0) is 18.8 Å². The Morgan fingerprint density at radius 1 is 1.45 bits per heavy atom. The van der Waals surface area contributed by atoms with Crippen LogP contribution in [-0.2, 0) is 9.53 Å². The number of carbonyl (C=O) groups is 1. The summed E-state index contributed by atoms with van der Waals surface area (Å²) >= 11 is 0. The second-order valence-electron chi connectivity index (χ2n) is 5.39. The molecule has 0 aromatic carbocycles. The van der Waals surface area contributed by atoms with E-state index in [1.54, 1.807) is 13.2 Å². The third-order valence-corrected chi connectivity index (χ3v) is 3.90. The third-order valence-electron chi connectivity index (χ3n) is 3.90. The first kappa shape index (κ1) is 19.4. The molecule has 0 aliphatic heterocycles. The van der Waals surface area contributed by atoms with Gasteiger partial charge in [0.1, 0.15) is 0 Å². The van der Waals surface area contributed by atoms with Crippen LogP contribution in [0.1, 0.15) is 38.5 Å². The number of nitrogens with zero attached hydrogens (tertiary/aromatic N) is 1. The van der Waals surface area contributed by atoms with Gasteiger partial charge in [-0.25, -0.2) is 0 Å². The number of halogens is 1. The molecule has 1 fully saturated rings. The van der Waals surface area contributed by atoms with Crippen molar-refractivity contribution in [1.82, 2.24) is 4.90 Å². The fourth-order valence-electron chi connectivity index (χ4n) is 2.70. The van der Waals surface area contributed by atoms with Crippen LogP contribution in [0.5, 0.6) is 0 Å². The molecule has 1 atom stereocenters. The number of ether oxygens (including phenoxy) is 1. The van der Waals surface area contributed by atoms with Crippen molar-refractivity contribution < 1.29 is 9.53 Å². The normalized spacial score (nSPS) is 17.1. The van der Waals surface area contributed by atoms with Crippen molar-refractivity contribution >= 4 is 18.3 Å². The molecule has 0 bridgehead atoms. The van der Waals surface area contributed by atoms with E-state index in [-0.39, 0.29) is 24.4 Å². The molecule has 0 aromatic rings. The second-order valence-corrected chi connectivity index (χ2v) is 5.39. The lowest BCUT2D eigenvalue weighted by Crippen LogP contribution is -2.39. The van der Waals surface area contributed by atoms with Crippen LogP contribution >= 0.6 is 12.4 Å². The Labute approximate surface area is 129 Å². The van der Waals surface area contributed by atoms with Gasteiger partial charge in [0.05, 0.1) is 12.5 Å². The van der Waals surface area contributed by atoms with Crippen LogP contribution in [0.4, 0.5) is 0 Å². The number of rotatable bonds is 8. The van der Waals surface area contributed by atoms with Gasteiger partial charge in [0.2, 0.25) is 5.91 Å². The highest BCUT2D eigenvalue weighted by atomic mass is 35.5. The standard InChI is InChI=1S/C15H28N2O2.ClH/c1-3-9-17(12-13-7-5-4-6-8-13)15(18)10-14(11-16)19-2;/h3,13-14H,1,4-12,16H2,2H3;1H. The van der Waals surface area contributed by atoms with Gasteiger partial charge in [-0.15, -0.1) is 19.0 Å². The minimum absolute atomic E-state index is 0. The van der Waals surface area contributed by atoms with Crippen LogP contribution in [0.25, 0.3) is 0 Å². The fourth-order valence-corrected chi connectivity index (χ4v) is 2.70. The summed E-state index contributed by atoms with van der Waals surface area (Å²) in [4.78, 5) is 14.2. The molecule has 0 radical (unpaired) electrons. The maximum Gasteiger partial charge on any atom is 0.225 e. The molecule has 1 unspecified atom stereocenters. The largest absolute Gasteiger partial charge is 0.380 e. The number of carbonyl (C=O) groups excluding carboxylic acids is 1. The van der Waals surface area contributed by atoms with Gasteiger partial charge >= 0.3 is 0 Å². The van der Waals surface area contributed by atoms with E-state index in [0.29, 0.717) is 25.4 Å². The second kappa shape index (κ2) is 11.1. The van der Waals surface area contributed by atoms with Crippen molar-refractivity contribution in [1.29, 1.82) is 0 Å². The smallest absolute Gasteiger partial charge is 0.225 e. The average molecular weight is 305 g/mol. The molecule has 118 valence electrons.